The second kappa shape index (κ2) is 8.57. The van der Waals surface area contributed by atoms with Gasteiger partial charge in [-0.1, -0.05) is 37.0 Å². The molecular formula is C28H24F2N4. The van der Waals surface area contributed by atoms with Crippen molar-refractivity contribution in [3.63, 3.8) is 0 Å². The Morgan fingerprint density at radius 3 is 2.53 bits per heavy atom. The number of hydrogen-bond acceptors (Lipinski definition) is 3. The van der Waals surface area contributed by atoms with E-state index in [1.807, 2.05) is 36.4 Å². The molecule has 0 aliphatic heterocycles. The first-order valence-electron chi connectivity index (χ1n) is 11.8. The first-order valence-corrected chi connectivity index (χ1v) is 11.8. The average molecular weight is 455 g/mol. The second-order valence-electron chi connectivity index (χ2n) is 9.36. The molecule has 2 aromatic carbocycles. The van der Waals surface area contributed by atoms with Crippen molar-refractivity contribution < 1.29 is 8.78 Å². The summed E-state index contributed by atoms with van der Waals surface area (Å²) in [6, 6.07) is 14.1. The normalized spacial score (nSPS) is 21.3. The van der Waals surface area contributed by atoms with Crippen molar-refractivity contribution in [2.75, 3.05) is 5.32 Å². The summed E-state index contributed by atoms with van der Waals surface area (Å²) in [4.78, 5) is 12.3. The van der Waals surface area contributed by atoms with E-state index in [1.165, 1.54) is 31.7 Å². The van der Waals surface area contributed by atoms with Crippen molar-refractivity contribution in [2.24, 2.45) is 11.8 Å². The van der Waals surface area contributed by atoms with Crippen LogP contribution in [0.15, 0.2) is 54.7 Å². The molecule has 0 saturated heterocycles. The van der Waals surface area contributed by atoms with Gasteiger partial charge in [0.2, 0.25) is 0 Å². The molecule has 2 N–H and O–H groups in total. The second-order valence-corrected chi connectivity index (χ2v) is 9.36. The Morgan fingerprint density at radius 1 is 0.941 bits per heavy atom. The number of rotatable bonds is 3. The standard InChI is InChI=1S/C28H24F2N4/c29-20-13-22-23(16-31-27(22)24(30)14-20)28-32-21(11-8-17-4-2-1-3-5-17)15-26(34-28)33-25-12-18-6-9-19(25)10-7-18/h1-5,13-16,18-19,25,31H,6-7,9-10,12H2,(H,32,33,34). The number of fused-ring (bicyclic) bond motifs is 4. The monoisotopic (exact) mass is 454 g/mol. The zero-order valence-corrected chi connectivity index (χ0v) is 18.6. The number of nitrogens with one attached hydrogen (secondary N) is 2. The molecule has 3 saturated carbocycles. The third-order valence-corrected chi connectivity index (χ3v) is 7.16. The fourth-order valence-corrected chi connectivity index (χ4v) is 5.45. The highest BCUT2D eigenvalue weighted by molar-refractivity contribution is 5.94. The van der Waals surface area contributed by atoms with Gasteiger partial charge in [-0.15, -0.1) is 0 Å². The first kappa shape index (κ1) is 20.9. The van der Waals surface area contributed by atoms with Crippen LogP contribution >= 0.6 is 0 Å². The molecule has 34 heavy (non-hydrogen) atoms. The zero-order chi connectivity index (χ0) is 23.1. The SMILES string of the molecule is Fc1cc(F)c2[nH]cc(-c3nc(C#Cc4ccccc4)cc(NC4CC5CCC4CC5)n3)c2c1. The molecule has 4 nitrogen and oxygen atoms in total. The molecular weight excluding hydrogens is 430 g/mol. The van der Waals surface area contributed by atoms with Crippen LogP contribution in [-0.2, 0) is 0 Å². The fraction of sp³-hybridized carbons (Fsp3) is 0.286. The van der Waals surface area contributed by atoms with E-state index in [0.717, 1.165) is 24.0 Å². The molecule has 2 heterocycles. The Balaban J connectivity index is 1.42. The van der Waals surface area contributed by atoms with Crippen LogP contribution in [0.3, 0.4) is 0 Å². The van der Waals surface area contributed by atoms with E-state index in [0.29, 0.717) is 40.2 Å². The summed E-state index contributed by atoms with van der Waals surface area (Å²) in [6.45, 7) is 0. The Labute approximate surface area is 196 Å². The smallest absolute Gasteiger partial charge is 0.165 e. The molecule has 6 heteroatoms. The highest BCUT2D eigenvalue weighted by Gasteiger charge is 2.35. The summed E-state index contributed by atoms with van der Waals surface area (Å²) in [5.41, 5.74) is 2.23. The highest BCUT2D eigenvalue weighted by atomic mass is 19.1. The molecule has 2 aromatic heterocycles. The van der Waals surface area contributed by atoms with Crippen LogP contribution in [0, 0.1) is 35.3 Å². The van der Waals surface area contributed by atoms with Gasteiger partial charge < -0.3 is 10.3 Å². The summed E-state index contributed by atoms with van der Waals surface area (Å²) < 4.78 is 28.3. The fourth-order valence-electron chi connectivity index (χ4n) is 5.45. The van der Waals surface area contributed by atoms with E-state index >= 15 is 0 Å². The maximum atomic E-state index is 14.3. The lowest BCUT2D eigenvalue weighted by molar-refractivity contribution is 0.157. The van der Waals surface area contributed by atoms with Crippen molar-refractivity contribution >= 4 is 16.7 Å². The van der Waals surface area contributed by atoms with Gasteiger partial charge >= 0.3 is 0 Å². The van der Waals surface area contributed by atoms with E-state index in [2.05, 4.69) is 27.1 Å². The average Bonchev–Trinajstić information content (AvgIpc) is 3.28. The predicted molar refractivity (Wildman–Crippen MR) is 129 cm³/mol. The van der Waals surface area contributed by atoms with E-state index in [9.17, 15) is 8.78 Å². The highest BCUT2D eigenvalue weighted by Crippen LogP contribution is 2.42. The lowest BCUT2D eigenvalue weighted by atomic mass is 9.68. The van der Waals surface area contributed by atoms with Crippen molar-refractivity contribution in [1.29, 1.82) is 0 Å². The predicted octanol–water partition coefficient (Wildman–Crippen LogP) is 6.29. The number of aromatic nitrogens is 3. The van der Waals surface area contributed by atoms with Gasteiger partial charge in [0.05, 0.1) is 5.52 Å². The number of halogens is 2. The van der Waals surface area contributed by atoms with Crippen LogP contribution in [0.4, 0.5) is 14.6 Å². The maximum absolute atomic E-state index is 14.3. The molecule has 3 aliphatic carbocycles. The van der Waals surface area contributed by atoms with Crippen LogP contribution in [0.1, 0.15) is 43.4 Å². The summed E-state index contributed by atoms with van der Waals surface area (Å²) >= 11 is 0. The van der Waals surface area contributed by atoms with Crippen LogP contribution in [0.5, 0.6) is 0 Å². The van der Waals surface area contributed by atoms with Crippen molar-refractivity contribution in [3.05, 3.63) is 77.6 Å². The number of nitrogens with zero attached hydrogens (tertiary/aromatic N) is 2. The summed E-state index contributed by atoms with van der Waals surface area (Å²) in [7, 11) is 0. The van der Waals surface area contributed by atoms with Gasteiger partial charge in [-0.3, -0.25) is 0 Å². The molecule has 7 rings (SSSR count). The van der Waals surface area contributed by atoms with Gasteiger partial charge in [-0.2, -0.15) is 0 Å². The Bertz CT molecular complexity index is 1410. The lowest BCUT2D eigenvalue weighted by Crippen LogP contribution is -2.40. The quantitative estimate of drug-likeness (QED) is 0.358. The minimum absolute atomic E-state index is 0.236. The minimum Gasteiger partial charge on any atom is -0.367 e. The molecule has 1 atom stereocenters. The Kier molecular flexibility index (Phi) is 5.26. The lowest BCUT2D eigenvalue weighted by Gasteiger charge is -2.42. The van der Waals surface area contributed by atoms with Crippen LogP contribution in [0.2, 0.25) is 0 Å². The molecule has 0 spiro atoms. The molecule has 170 valence electrons. The topological polar surface area (TPSA) is 53.6 Å². The van der Waals surface area contributed by atoms with E-state index in [1.54, 1.807) is 6.20 Å². The number of benzene rings is 2. The molecule has 2 bridgehead atoms. The third-order valence-electron chi connectivity index (χ3n) is 7.16. The Hall–Kier alpha value is -3.72. The molecule has 4 aromatic rings. The van der Waals surface area contributed by atoms with Gasteiger partial charge in [0.25, 0.3) is 0 Å². The largest absolute Gasteiger partial charge is 0.367 e. The van der Waals surface area contributed by atoms with Gasteiger partial charge in [-0.25, -0.2) is 18.7 Å². The van der Waals surface area contributed by atoms with Crippen molar-refractivity contribution in [2.45, 2.75) is 38.1 Å². The van der Waals surface area contributed by atoms with Gasteiger partial charge in [-0.05, 0) is 55.2 Å². The molecule has 3 fully saturated rings. The van der Waals surface area contributed by atoms with Gasteiger partial charge in [0, 0.05) is 40.9 Å². The van der Waals surface area contributed by atoms with Gasteiger partial charge in [0.1, 0.15) is 23.1 Å². The Morgan fingerprint density at radius 2 is 1.76 bits per heavy atom. The molecule has 3 aliphatic rings. The maximum Gasteiger partial charge on any atom is 0.165 e. The van der Waals surface area contributed by atoms with Crippen LogP contribution < -0.4 is 5.32 Å². The number of hydrogen-bond donors (Lipinski definition) is 2. The van der Waals surface area contributed by atoms with E-state index in [4.69, 9.17) is 4.98 Å². The molecule has 0 amide bonds. The molecule has 0 radical (unpaired) electrons. The van der Waals surface area contributed by atoms with Crippen LogP contribution in [-0.4, -0.2) is 21.0 Å². The van der Waals surface area contributed by atoms with Crippen molar-refractivity contribution in [1.82, 2.24) is 15.0 Å². The van der Waals surface area contributed by atoms with Crippen molar-refractivity contribution in [3.8, 4) is 23.2 Å². The summed E-state index contributed by atoms with van der Waals surface area (Å²) in [5.74, 6) is 7.54. The molecule has 1 unspecified atom stereocenters. The van der Waals surface area contributed by atoms with Crippen LogP contribution in [0.25, 0.3) is 22.3 Å². The van der Waals surface area contributed by atoms with E-state index in [-0.39, 0.29) is 5.52 Å². The van der Waals surface area contributed by atoms with E-state index < -0.39 is 11.6 Å². The number of aromatic amines is 1. The zero-order valence-electron chi connectivity index (χ0n) is 18.6. The summed E-state index contributed by atoms with van der Waals surface area (Å²) in [6.07, 6.45) is 7.92. The first-order chi connectivity index (χ1) is 16.6. The third kappa shape index (κ3) is 4.03. The number of H-pyrrole nitrogens is 1. The summed E-state index contributed by atoms with van der Waals surface area (Å²) in [5, 5.41) is 4.06. The minimum atomic E-state index is -0.641. The number of anilines is 1. The van der Waals surface area contributed by atoms with Gasteiger partial charge in [0.15, 0.2) is 5.82 Å².